The molecule has 4 nitrogen and oxygen atoms in total. The lowest BCUT2D eigenvalue weighted by Gasteiger charge is -2.38. The van der Waals surface area contributed by atoms with Crippen LogP contribution in [0.4, 0.5) is 0 Å². The van der Waals surface area contributed by atoms with Gasteiger partial charge in [-0.2, -0.15) is 0 Å². The highest BCUT2D eigenvalue weighted by Gasteiger charge is 2.36. The monoisotopic (exact) mass is 258 g/mol. The van der Waals surface area contributed by atoms with Crippen molar-refractivity contribution in [3.8, 4) is 0 Å². The van der Waals surface area contributed by atoms with Gasteiger partial charge in [0.15, 0.2) is 0 Å². The molecule has 0 bridgehead atoms. The number of aliphatic hydroxyl groups excluding tert-OH is 1. The first-order valence-corrected chi connectivity index (χ1v) is 7.54. The van der Waals surface area contributed by atoms with E-state index in [4.69, 9.17) is 0 Å². The van der Waals surface area contributed by atoms with Crippen LogP contribution in [0, 0.1) is 5.41 Å². The molecule has 5 heteroatoms. The molecule has 1 heterocycles. The quantitative estimate of drug-likeness (QED) is 0.697. The summed E-state index contributed by atoms with van der Waals surface area (Å²) in [7, 11) is 0. The van der Waals surface area contributed by atoms with Gasteiger partial charge in [-0.1, -0.05) is 19.8 Å². The lowest BCUT2D eigenvalue weighted by Crippen LogP contribution is -2.49. The molecular weight excluding hydrogens is 236 g/mol. The summed E-state index contributed by atoms with van der Waals surface area (Å²) in [5, 5.41) is 16.2. The molecule has 0 aromatic rings. The van der Waals surface area contributed by atoms with Gasteiger partial charge in [0.1, 0.15) is 0 Å². The highest BCUT2D eigenvalue weighted by Crippen LogP contribution is 2.35. The number of carbonyl (C=O) groups is 1. The van der Waals surface area contributed by atoms with Gasteiger partial charge in [-0.25, -0.2) is 0 Å². The maximum Gasteiger partial charge on any atom is 0.238 e. The minimum absolute atomic E-state index is 0.0515. The fourth-order valence-corrected chi connectivity index (χ4v) is 3.51. The third-order valence-electron chi connectivity index (χ3n) is 3.98. The third-order valence-corrected chi connectivity index (χ3v) is 4.92. The van der Waals surface area contributed by atoms with Gasteiger partial charge in [-0.15, -0.1) is 11.8 Å². The first-order valence-electron chi connectivity index (χ1n) is 6.39. The Kier molecular flexibility index (Phi) is 4.33. The third kappa shape index (κ3) is 3.14. The molecule has 3 N–H and O–H groups in total. The van der Waals surface area contributed by atoms with Crippen LogP contribution in [0.25, 0.3) is 0 Å². The predicted octanol–water partition coefficient (Wildman–Crippen LogP) is 0.706. The van der Waals surface area contributed by atoms with Crippen LogP contribution >= 0.6 is 11.8 Å². The zero-order valence-corrected chi connectivity index (χ0v) is 11.2. The summed E-state index contributed by atoms with van der Waals surface area (Å²) in [5.74, 6) is 1.79. The van der Waals surface area contributed by atoms with E-state index >= 15 is 0 Å². The van der Waals surface area contributed by atoms with E-state index in [-0.39, 0.29) is 23.5 Å². The Morgan fingerprint density at radius 2 is 2.41 bits per heavy atom. The molecule has 2 rings (SSSR count). The van der Waals surface area contributed by atoms with Crippen molar-refractivity contribution in [2.75, 3.05) is 18.2 Å². The van der Waals surface area contributed by atoms with E-state index in [1.165, 1.54) is 0 Å². The molecule has 0 spiro atoms. The Balaban J connectivity index is 1.81. The molecule has 0 aromatic heterocycles. The van der Waals surface area contributed by atoms with Crippen molar-refractivity contribution >= 4 is 17.7 Å². The fourth-order valence-electron chi connectivity index (χ4n) is 2.56. The number of hydrogen-bond donors (Lipinski definition) is 3. The van der Waals surface area contributed by atoms with Gasteiger partial charge in [0.25, 0.3) is 0 Å². The number of rotatable bonds is 3. The van der Waals surface area contributed by atoms with Gasteiger partial charge in [0, 0.05) is 23.6 Å². The minimum atomic E-state index is -0.275. The molecule has 1 aliphatic carbocycles. The normalized spacial score (nSPS) is 38.0. The Hall–Kier alpha value is -0.260. The van der Waals surface area contributed by atoms with Crippen molar-refractivity contribution in [3.05, 3.63) is 0 Å². The Bertz CT molecular complexity index is 282. The van der Waals surface area contributed by atoms with Gasteiger partial charge in [0.2, 0.25) is 5.91 Å². The highest BCUT2D eigenvalue weighted by molar-refractivity contribution is 7.99. The number of aliphatic hydroxyl groups is 1. The zero-order valence-electron chi connectivity index (χ0n) is 10.4. The lowest BCUT2D eigenvalue weighted by molar-refractivity contribution is -0.123. The van der Waals surface area contributed by atoms with E-state index in [0.29, 0.717) is 6.54 Å². The number of nitrogens with one attached hydrogen (secondary N) is 2. The molecule has 3 atom stereocenters. The Morgan fingerprint density at radius 1 is 1.59 bits per heavy atom. The van der Waals surface area contributed by atoms with Crippen molar-refractivity contribution in [2.24, 2.45) is 5.41 Å². The molecule has 0 radical (unpaired) electrons. The van der Waals surface area contributed by atoms with Crippen LogP contribution in [-0.4, -0.2) is 41.3 Å². The molecule has 2 aliphatic rings. The fraction of sp³-hybridized carbons (Fsp3) is 0.917. The van der Waals surface area contributed by atoms with Crippen LogP contribution in [0.5, 0.6) is 0 Å². The highest BCUT2D eigenvalue weighted by atomic mass is 32.2. The molecule has 1 aliphatic heterocycles. The average Bonchev–Trinajstić information content (AvgIpc) is 2.84. The van der Waals surface area contributed by atoms with Gasteiger partial charge in [-0.05, 0) is 12.8 Å². The van der Waals surface area contributed by atoms with Crippen LogP contribution in [0.1, 0.15) is 32.6 Å². The second-order valence-corrected chi connectivity index (χ2v) is 6.44. The summed E-state index contributed by atoms with van der Waals surface area (Å²) in [4.78, 5) is 11.9. The van der Waals surface area contributed by atoms with Crippen LogP contribution < -0.4 is 10.6 Å². The summed E-state index contributed by atoms with van der Waals surface area (Å²) in [5.41, 5.74) is -0.139. The van der Waals surface area contributed by atoms with Crippen molar-refractivity contribution in [1.29, 1.82) is 0 Å². The number of amides is 1. The zero-order chi connectivity index (χ0) is 12.3. The SMILES string of the molecule is C[C@]1(CNC(=O)[C@@H]2CSCN2)CCCC[C@H]1O. The van der Waals surface area contributed by atoms with Crippen molar-refractivity contribution < 1.29 is 9.90 Å². The summed E-state index contributed by atoms with van der Waals surface area (Å²) < 4.78 is 0. The number of thioether (sulfide) groups is 1. The molecule has 1 saturated carbocycles. The molecule has 17 heavy (non-hydrogen) atoms. The first kappa shape index (κ1) is 13.2. The second kappa shape index (κ2) is 5.59. The van der Waals surface area contributed by atoms with E-state index in [1.807, 2.05) is 0 Å². The van der Waals surface area contributed by atoms with Crippen LogP contribution in [0.3, 0.4) is 0 Å². The van der Waals surface area contributed by atoms with Gasteiger partial charge in [0.05, 0.1) is 12.1 Å². The van der Waals surface area contributed by atoms with E-state index in [2.05, 4.69) is 17.6 Å². The van der Waals surface area contributed by atoms with Gasteiger partial charge in [-0.3, -0.25) is 10.1 Å². The Morgan fingerprint density at radius 3 is 3.06 bits per heavy atom. The van der Waals surface area contributed by atoms with Crippen molar-refractivity contribution in [1.82, 2.24) is 10.6 Å². The maximum absolute atomic E-state index is 11.9. The van der Waals surface area contributed by atoms with E-state index in [1.54, 1.807) is 11.8 Å². The molecule has 1 amide bonds. The predicted molar refractivity (Wildman–Crippen MR) is 69.8 cm³/mol. The topological polar surface area (TPSA) is 61.4 Å². The number of carbonyl (C=O) groups excluding carboxylic acids is 1. The molecular formula is C12H22N2O2S. The lowest BCUT2D eigenvalue weighted by atomic mass is 9.73. The van der Waals surface area contributed by atoms with Crippen molar-refractivity contribution in [2.45, 2.75) is 44.8 Å². The first-order chi connectivity index (χ1) is 8.12. The summed E-state index contributed by atoms with van der Waals surface area (Å²) in [6.07, 6.45) is 3.85. The summed E-state index contributed by atoms with van der Waals surface area (Å²) >= 11 is 1.75. The van der Waals surface area contributed by atoms with Crippen LogP contribution in [-0.2, 0) is 4.79 Å². The number of hydrogen-bond acceptors (Lipinski definition) is 4. The summed E-state index contributed by atoms with van der Waals surface area (Å²) in [6, 6.07) is -0.0515. The van der Waals surface area contributed by atoms with Gasteiger partial charge < -0.3 is 10.4 Å². The van der Waals surface area contributed by atoms with E-state index < -0.39 is 0 Å². The molecule has 0 aromatic carbocycles. The molecule has 1 saturated heterocycles. The van der Waals surface area contributed by atoms with Crippen LogP contribution in [0.15, 0.2) is 0 Å². The minimum Gasteiger partial charge on any atom is -0.392 e. The largest absolute Gasteiger partial charge is 0.392 e. The standard InChI is InChI=1S/C12H22N2O2S/c1-12(5-3-2-4-10(12)15)7-13-11(16)9-6-17-8-14-9/h9-10,14-15H,2-8H2,1H3,(H,13,16)/t9-,10+,12+/m0/s1. The van der Waals surface area contributed by atoms with Crippen molar-refractivity contribution in [3.63, 3.8) is 0 Å². The summed E-state index contributed by atoms with van der Waals surface area (Å²) in [6.45, 7) is 2.67. The average molecular weight is 258 g/mol. The van der Waals surface area contributed by atoms with E-state index in [9.17, 15) is 9.90 Å². The van der Waals surface area contributed by atoms with Crippen LogP contribution in [0.2, 0.25) is 0 Å². The Labute approximate surface area is 107 Å². The molecule has 98 valence electrons. The smallest absolute Gasteiger partial charge is 0.238 e. The maximum atomic E-state index is 11.9. The van der Waals surface area contributed by atoms with E-state index in [0.717, 1.165) is 37.3 Å². The van der Waals surface area contributed by atoms with Gasteiger partial charge >= 0.3 is 0 Å². The molecule has 0 unspecified atom stereocenters. The second-order valence-electron chi connectivity index (χ2n) is 5.41. The molecule has 2 fully saturated rings.